The fraction of sp³-hybridized carbons (Fsp3) is 0. The van der Waals surface area contributed by atoms with E-state index in [1.165, 1.54) is 0 Å². The fourth-order valence-electron chi connectivity index (χ4n) is 0. The van der Waals surface area contributed by atoms with Crippen molar-refractivity contribution in [2.75, 3.05) is 0 Å². The maximum Gasteiger partial charge on any atom is 1.00 e. The second-order valence-electron chi connectivity index (χ2n) is 0. The molecule has 12 heteroatoms. The number of hydrogen-bond donors (Lipinski definition) is 0. The van der Waals surface area contributed by atoms with E-state index in [4.69, 9.17) is 10.5 Å². The van der Waals surface area contributed by atoms with Crippen LogP contribution in [0, 0.1) is 0 Å². The molecule has 0 saturated carbocycles. The Morgan fingerprint density at radius 2 is 0.333 bits per heavy atom. The van der Waals surface area contributed by atoms with E-state index in [1.807, 2.05) is 0 Å². The van der Waals surface area contributed by atoms with Crippen molar-refractivity contribution in [1.29, 1.82) is 0 Å². The molecule has 0 aliphatic heterocycles. The molecule has 0 aliphatic carbocycles. The minimum Gasteiger partial charge on any atom is -1.00 e. The summed E-state index contributed by atoms with van der Waals surface area (Å²) in [6, 6.07) is 0. The maximum atomic E-state index is 7.00. The summed E-state index contributed by atoms with van der Waals surface area (Å²) in [5, 5.41) is 14.0. The predicted molar refractivity (Wildman–Crippen MR) is 28.9 cm³/mol. The van der Waals surface area contributed by atoms with Gasteiger partial charge in [-0.05, 0) is 0 Å². The summed E-state index contributed by atoms with van der Waals surface area (Å²) < 4.78 is 0. The molecule has 0 bridgehead atoms. The zero-order valence-electron chi connectivity index (χ0n) is 6.82. The summed E-state index contributed by atoms with van der Waals surface area (Å²) in [7, 11) is 0. The van der Waals surface area contributed by atoms with Crippen LogP contribution < -0.4 is 69.6 Å². The standard InChI is InChI=1S/2Na.O2.8H2O/c;;1-2;;;;;;;;/h;;;8*1H2/q2*+1;-2;;;;;;;;. The molecule has 0 heterocycles. The van der Waals surface area contributed by atoms with Crippen LogP contribution >= 0.6 is 0 Å². The molecule has 0 unspecified atom stereocenters. The summed E-state index contributed by atoms with van der Waals surface area (Å²) in [5.41, 5.74) is 0. The minimum absolute atomic E-state index is 0. The van der Waals surface area contributed by atoms with Crippen LogP contribution in [0.2, 0.25) is 0 Å². The molecule has 0 aliphatic rings. The number of hydrogen-bond acceptors (Lipinski definition) is 2. The molecule has 0 rings (SSSR count). The third-order valence-electron chi connectivity index (χ3n) is 0. The van der Waals surface area contributed by atoms with Crippen molar-refractivity contribution in [3.8, 4) is 0 Å². The Labute approximate surface area is 113 Å². The van der Waals surface area contributed by atoms with Gasteiger partial charge in [0.2, 0.25) is 0 Å². The Kier molecular flexibility index (Phi) is 17600. The van der Waals surface area contributed by atoms with Gasteiger partial charge < -0.3 is 54.3 Å². The van der Waals surface area contributed by atoms with Gasteiger partial charge in [-0.2, -0.15) is 0 Å². The van der Waals surface area contributed by atoms with Crippen LogP contribution in [0.1, 0.15) is 0 Å². The summed E-state index contributed by atoms with van der Waals surface area (Å²) in [4.78, 5) is 0. The van der Waals surface area contributed by atoms with E-state index >= 15 is 0 Å². The van der Waals surface area contributed by atoms with E-state index in [0.29, 0.717) is 0 Å². The second kappa shape index (κ2) is 662. The van der Waals surface area contributed by atoms with Gasteiger partial charge in [0.25, 0.3) is 0 Å². The smallest absolute Gasteiger partial charge is 1.00 e. The van der Waals surface area contributed by atoms with Gasteiger partial charge in [0, 0.05) is 0 Å². The topological polar surface area (TPSA) is 298 Å². The van der Waals surface area contributed by atoms with Crippen LogP contribution in [-0.2, 0) is 0 Å². The monoisotopic (exact) mass is 222 g/mol. The zero-order valence-corrected chi connectivity index (χ0v) is 10.8. The van der Waals surface area contributed by atoms with E-state index < -0.39 is 0 Å². The molecule has 0 fully saturated rings. The number of rotatable bonds is 0. The molecule has 0 amide bonds. The quantitative estimate of drug-likeness (QED) is 0.218. The van der Waals surface area contributed by atoms with Crippen LogP contribution in [0.4, 0.5) is 0 Å². The van der Waals surface area contributed by atoms with E-state index in [2.05, 4.69) is 0 Å². The molecule has 12 heavy (non-hydrogen) atoms. The Morgan fingerprint density at radius 3 is 0.333 bits per heavy atom. The fourth-order valence-corrected chi connectivity index (χ4v) is 0. The largest absolute Gasteiger partial charge is 1.00 e. The Bertz CT molecular complexity index is 7.80. The molecule has 0 radical (unpaired) electrons. The van der Waals surface area contributed by atoms with Gasteiger partial charge in [0.15, 0.2) is 0 Å². The van der Waals surface area contributed by atoms with Crippen LogP contribution in [0.3, 0.4) is 0 Å². The van der Waals surface area contributed by atoms with Crippen LogP contribution in [-0.4, -0.2) is 43.8 Å². The normalized spacial score (nSPS) is 0.500. The van der Waals surface area contributed by atoms with Gasteiger partial charge in [-0.25, -0.2) is 0 Å². The van der Waals surface area contributed by atoms with Crippen molar-refractivity contribution in [2.45, 2.75) is 0 Å². The van der Waals surface area contributed by atoms with E-state index in [9.17, 15) is 0 Å². The molecule has 78 valence electrons. The summed E-state index contributed by atoms with van der Waals surface area (Å²) in [6.07, 6.45) is 0. The van der Waals surface area contributed by atoms with E-state index in [0.717, 1.165) is 0 Å². The molecule has 0 spiro atoms. The molecule has 0 aromatic heterocycles. The first-order valence-electron chi connectivity index (χ1n) is 0.167. The van der Waals surface area contributed by atoms with Crippen molar-refractivity contribution in [2.24, 2.45) is 0 Å². The molecular formula is H16Na2O10. The summed E-state index contributed by atoms with van der Waals surface area (Å²) in [6.45, 7) is 0. The molecule has 0 atom stereocenters. The molecule has 0 saturated heterocycles. The Morgan fingerprint density at radius 1 is 0.333 bits per heavy atom. The van der Waals surface area contributed by atoms with Crippen molar-refractivity contribution in [1.82, 2.24) is 0 Å². The predicted octanol–water partition coefficient (Wildman–Crippen LogP) is -15.0. The van der Waals surface area contributed by atoms with Gasteiger partial charge in [-0.1, -0.05) is 0 Å². The SMILES string of the molecule is O.O.O.O.O.O.O.O.[Na+].[Na+].[O-][O-]. The van der Waals surface area contributed by atoms with Gasteiger partial charge in [-0.3, -0.25) is 0 Å². The Balaban J connectivity index is -0.000000000111. The molecular weight excluding hydrogens is 206 g/mol. The van der Waals surface area contributed by atoms with Crippen molar-refractivity contribution < 1.29 is 113 Å². The van der Waals surface area contributed by atoms with Crippen LogP contribution in [0.15, 0.2) is 0 Å². The van der Waals surface area contributed by atoms with Gasteiger partial charge in [0.05, 0.1) is 0 Å². The van der Waals surface area contributed by atoms with Gasteiger partial charge >= 0.3 is 59.1 Å². The molecule has 10 nitrogen and oxygen atoms in total. The maximum absolute atomic E-state index is 7.00. The van der Waals surface area contributed by atoms with Crippen molar-refractivity contribution in [3.63, 3.8) is 0 Å². The third kappa shape index (κ3) is 509. The average Bonchev–Trinajstić information content (AvgIpc) is 1.00. The zero-order chi connectivity index (χ0) is 2.00. The molecule has 16 N–H and O–H groups in total. The summed E-state index contributed by atoms with van der Waals surface area (Å²) >= 11 is 0. The van der Waals surface area contributed by atoms with Gasteiger partial charge in [0.1, 0.15) is 0 Å². The van der Waals surface area contributed by atoms with Gasteiger partial charge in [-0.15, -0.1) is 0 Å². The first-order valence-corrected chi connectivity index (χ1v) is 0.167. The molecule has 0 aromatic carbocycles. The molecule has 0 aromatic rings. The summed E-state index contributed by atoms with van der Waals surface area (Å²) in [5.74, 6) is 0. The average molecular weight is 222 g/mol. The second-order valence-corrected chi connectivity index (χ2v) is 0. The van der Waals surface area contributed by atoms with Crippen molar-refractivity contribution >= 4 is 0 Å². The van der Waals surface area contributed by atoms with Crippen molar-refractivity contribution in [3.05, 3.63) is 0 Å². The van der Waals surface area contributed by atoms with E-state index in [-0.39, 0.29) is 103 Å². The first-order chi connectivity index (χ1) is 1.00. The van der Waals surface area contributed by atoms with Crippen LogP contribution in [0.5, 0.6) is 0 Å². The first kappa shape index (κ1) is 319. The van der Waals surface area contributed by atoms with E-state index in [1.54, 1.807) is 0 Å². The van der Waals surface area contributed by atoms with Crippen LogP contribution in [0.25, 0.3) is 0 Å². The third-order valence-corrected chi connectivity index (χ3v) is 0. The Hall–Kier alpha value is 1.60. The minimum atomic E-state index is 0.